The lowest BCUT2D eigenvalue weighted by molar-refractivity contribution is -0.0993. The Morgan fingerprint density at radius 3 is 2.71 bits per heavy atom. The molecule has 0 radical (unpaired) electrons. The molecule has 0 amide bonds. The Hall–Kier alpha value is -0.120. The number of ether oxygens (including phenoxy) is 2. The fraction of sp³-hybridized carbons (Fsp3) is 1.00. The van der Waals surface area contributed by atoms with Gasteiger partial charge in [-0.15, -0.1) is 0 Å². The summed E-state index contributed by atoms with van der Waals surface area (Å²) in [4.78, 5) is 0. The van der Waals surface area contributed by atoms with Gasteiger partial charge in [0.1, 0.15) is 0 Å². The van der Waals surface area contributed by atoms with Gasteiger partial charge in [-0.2, -0.15) is 0 Å². The second kappa shape index (κ2) is 4.17. The number of hydrogen-bond donors (Lipinski definition) is 1. The SMILES string of the molecule is CC1OCCC1CNCC1(C)COC1. The number of hydrogen-bond acceptors (Lipinski definition) is 3. The second-order valence-corrected chi connectivity index (χ2v) is 5.06. The molecule has 82 valence electrons. The Morgan fingerprint density at radius 1 is 1.43 bits per heavy atom. The maximum atomic E-state index is 5.52. The zero-order valence-electron chi connectivity index (χ0n) is 9.21. The molecule has 0 aliphatic carbocycles. The van der Waals surface area contributed by atoms with Gasteiger partial charge in [-0.1, -0.05) is 6.92 Å². The monoisotopic (exact) mass is 199 g/mol. The molecule has 3 nitrogen and oxygen atoms in total. The van der Waals surface area contributed by atoms with E-state index in [2.05, 4.69) is 19.2 Å². The third-order valence-electron chi connectivity index (χ3n) is 3.39. The predicted octanol–water partition coefficient (Wildman–Crippen LogP) is 1.04. The van der Waals surface area contributed by atoms with E-state index in [0.29, 0.717) is 17.4 Å². The number of nitrogens with one attached hydrogen (secondary N) is 1. The quantitative estimate of drug-likeness (QED) is 0.734. The van der Waals surface area contributed by atoms with E-state index < -0.39 is 0 Å². The first-order valence-corrected chi connectivity index (χ1v) is 5.60. The summed E-state index contributed by atoms with van der Waals surface area (Å²) >= 11 is 0. The van der Waals surface area contributed by atoms with E-state index in [1.54, 1.807) is 0 Å². The molecule has 0 aromatic rings. The molecule has 1 N–H and O–H groups in total. The van der Waals surface area contributed by atoms with Crippen LogP contribution in [-0.2, 0) is 9.47 Å². The molecule has 0 bridgehead atoms. The van der Waals surface area contributed by atoms with Crippen molar-refractivity contribution >= 4 is 0 Å². The minimum atomic E-state index is 0.392. The zero-order chi connectivity index (χ0) is 10.0. The van der Waals surface area contributed by atoms with Crippen LogP contribution in [0.25, 0.3) is 0 Å². The molecule has 14 heavy (non-hydrogen) atoms. The highest BCUT2D eigenvalue weighted by Crippen LogP contribution is 2.25. The van der Waals surface area contributed by atoms with Crippen LogP contribution >= 0.6 is 0 Å². The summed E-state index contributed by atoms with van der Waals surface area (Å²) in [6, 6.07) is 0. The van der Waals surface area contributed by atoms with E-state index in [1.165, 1.54) is 6.42 Å². The Morgan fingerprint density at radius 2 is 2.21 bits per heavy atom. The first kappa shape index (κ1) is 10.4. The summed E-state index contributed by atoms with van der Waals surface area (Å²) in [5.41, 5.74) is 0.392. The van der Waals surface area contributed by atoms with Crippen molar-refractivity contribution in [1.82, 2.24) is 5.32 Å². The smallest absolute Gasteiger partial charge is 0.0588 e. The fourth-order valence-electron chi connectivity index (χ4n) is 2.16. The summed E-state index contributed by atoms with van der Waals surface area (Å²) in [6.07, 6.45) is 1.65. The molecule has 2 fully saturated rings. The molecule has 3 heteroatoms. The van der Waals surface area contributed by atoms with Crippen molar-refractivity contribution in [2.75, 3.05) is 32.9 Å². The molecule has 2 rings (SSSR count). The topological polar surface area (TPSA) is 30.5 Å². The molecule has 2 aliphatic heterocycles. The molecule has 2 aliphatic rings. The van der Waals surface area contributed by atoms with Crippen LogP contribution in [0.3, 0.4) is 0 Å². The second-order valence-electron chi connectivity index (χ2n) is 5.06. The van der Waals surface area contributed by atoms with Gasteiger partial charge in [-0.3, -0.25) is 0 Å². The Labute approximate surface area is 86.2 Å². The molecular weight excluding hydrogens is 178 g/mol. The van der Waals surface area contributed by atoms with Crippen LogP contribution in [0.5, 0.6) is 0 Å². The average molecular weight is 199 g/mol. The molecule has 0 aromatic carbocycles. The summed E-state index contributed by atoms with van der Waals surface area (Å²) < 4.78 is 10.7. The van der Waals surface area contributed by atoms with Crippen molar-refractivity contribution in [3.63, 3.8) is 0 Å². The summed E-state index contributed by atoms with van der Waals surface area (Å²) in [5.74, 6) is 0.708. The lowest BCUT2D eigenvalue weighted by Gasteiger charge is -2.38. The molecule has 2 atom stereocenters. The van der Waals surface area contributed by atoms with Crippen LogP contribution < -0.4 is 5.32 Å². The average Bonchev–Trinajstić information content (AvgIpc) is 2.49. The van der Waals surface area contributed by atoms with Gasteiger partial charge < -0.3 is 14.8 Å². The third kappa shape index (κ3) is 2.27. The highest BCUT2D eigenvalue weighted by molar-refractivity contribution is 4.84. The normalized spacial score (nSPS) is 35.6. The van der Waals surface area contributed by atoms with Crippen molar-refractivity contribution in [2.24, 2.45) is 11.3 Å². The summed E-state index contributed by atoms with van der Waals surface area (Å²) in [7, 11) is 0. The van der Waals surface area contributed by atoms with Crippen LogP contribution in [-0.4, -0.2) is 39.0 Å². The van der Waals surface area contributed by atoms with Gasteiger partial charge in [0.25, 0.3) is 0 Å². The maximum Gasteiger partial charge on any atom is 0.0588 e. The Bertz CT molecular complexity index is 192. The van der Waals surface area contributed by atoms with E-state index >= 15 is 0 Å². The minimum Gasteiger partial charge on any atom is -0.380 e. The van der Waals surface area contributed by atoms with Crippen LogP contribution in [0.2, 0.25) is 0 Å². The lowest BCUT2D eigenvalue weighted by Crippen LogP contribution is -2.48. The van der Waals surface area contributed by atoms with Crippen molar-refractivity contribution < 1.29 is 9.47 Å². The van der Waals surface area contributed by atoms with Gasteiger partial charge in [-0.05, 0) is 19.3 Å². The van der Waals surface area contributed by atoms with Crippen LogP contribution in [0.4, 0.5) is 0 Å². The minimum absolute atomic E-state index is 0.392. The molecule has 0 saturated carbocycles. The number of rotatable bonds is 4. The Balaban J connectivity index is 1.62. The Kier molecular flexibility index (Phi) is 3.10. The highest BCUT2D eigenvalue weighted by atomic mass is 16.5. The largest absolute Gasteiger partial charge is 0.380 e. The van der Waals surface area contributed by atoms with Crippen LogP contribution in [0.1, 0.15) is 20.3 Å². The zero-order valence-corrected chi connectivity index (χ0v) is 9.21. The summed E-state index contributed by atoms with van der Waals surface area (Å²) in [6.45, 7) is 9.39. The third-order valence-corrected chi connectivity index (χ3v) is 3.39. The van der Waals surface area contributed by atoms with E-state index in [4.69, 9.17) is 9.47 Å². The first-order valence-electron chi connectivity index (χ1n) is 5.60. The summed E-state index contributed by atoms with van der Waals surface area (Å²) in [5, 5.41) is 3.54. The molecule has 0 spiro atoms. The molecule has 2 unspecified atom stereocenters. The fourth-order valence-corrected chi connectivity index (χ4v) is 2.16. The first-order chi connectivity index (χ1) is 6.70. The van der Waals surface area contributed by atoms with Gasteiger partial charge in [0, 0.05) is 25.1 Å². The lowest BCUT2D eigenvalue weighted by atomic mass is 9.88. The van der Waals surface area contributed by atoms with E-state index in [-0.39, 0.29) is 0 Å². The highest BCUT2D eigenvalue weighted by Gasteiger charge is 2.33. The molecule has 2 saturated heterocycles. The van der Waals surface area contributed by atoms with Gasteiger partial charge in [0.15, 0.2) is 0 Å². The van der Waals surface area contributed by atoms with Crippen molar-refractivity contribution in [2.45, 2.75) is 26.4 Å². The van der Waals surface area contributed by atoms with Crippen LogP contribution in [0, 0.1) is 11.3 Å². The van der Waals surface area contributed by atoms with E-state index in [0.717, 1.165) is 32.9 Å². The van der Waals surface area contributed by atoms with E-state index in [9.17, 15) is 0 Å². The molecular formula is C11H21NO2. The standard InChI is InChI=1S/C11H21NO2/c1-9-10(3-4-14-9)5-12-6-11(2)7-13-8-11/h9-10,12H,3-8H2,1-2H3. The van der Waals surface area contributed by atoms with Crippen molar-refractivity contribution in [3.05, 3.63) is 0 Å². The van der Waals surface area contributed by atoms with Gasteiger partial charge in [-0.25, -0.2) is 0 Å². The van der Waals surface area contributed by atoms with Crippen molar-refractivity contribution in [3.8, 4) is 0 Å². The van der Waals surface area contributed by atoms with Crippen LogP contribution in [0.15, 0.2) is 0 Å². The predicted molar refractivity (Wildman–Crippen MR) is 55.3 cm³/mol. The van der Waals surface area contributed by atoms with Crippen molar-refractivity contribution in [1.29, 1.82) is 0 Å². The van der Waals surface area contributed by atoms with Gasteiger partial charge in [0.05, 0.1) is 19.3 Å². The molecule has 2 heterocycles. The van der Waals surface area contributed by atoms with Gasteiger partial charge in [0.2, 0.25) is 0 Å². The van der Waals surface area contributed by atoms with Gasteiger partial charge >= 0.3 is 0 Å². The van der Waals surface area contributed by atoms with E-state index in [1.807, 2.05) is 0 Å². The maximum absolute atomic E-state index is 5.52. The molecule has 0 aromatic heterocycles.